The van der Waals surface area contributed by atoms with E-state index in [1.54, 1.807) is 25.3 Å². The smallest absolute Gasteiger partial charge is 0.212 e. The molecule has 0 saturated carbocycles. The third-order valence-corrected chi connectivity index (χ3v) is 3.63. The maximum absolute atomic E-state index is 11.6. The molecule has 0 aromatic carbocycles. The van der Waals surface area contributed by atoms with Gasteiger partial charge < -0.3 is 0 Å². The lowest BCUT2D eigenvalue weighted by Crippen LogP contribution is -2.34. The summed E-state index contributed by atoms with van der Waals surface area (Å²) in [5, 5.41) is 8.45. The summed E-state index contributed by atoms with van der Waals surface area (Å²) in [5.74, 6) is -0.0141. The van der Waals surface area contributed by atoms with E-state index in [1.807, 2.05) is 12.1 Å². The zero-order valence-corrected chi connectivity index (χ0v) is 10.4. The highest BCUT2D eigenvalue weighted by molar-refractivity contribution is 7.89. The van der Waals surface area contributed by atoms with Crippen LogP contribution in [-0.2, 0) is 16.4 Å². The van der Waals surface area contributed by atoms with Crippen LogP contribution in [0.3, 0.4) is 0 Å². The van der Waals surface area contributed by atoms with Gasteiger partial charge in [-0.05, 0) is 19.1 Å². The first-order valence-corrected chi connectivity index (χ1v) is 6.95. The summed E-state index contributed by atoms with van der Waals surface area (Å²) in [6, 6.07) is 6.96. The number of nitriles is 1. The summed E-state index contributed by atoms with van der Waals surface area (Å²) in [7, 11) is -3.34. The molecule has 1 aromatic heterocycles. The molecule has 92 valence electrons. The van der Waals surface area contributed by atoms with Crippen LogP contribution >= 0.6 is 0 Å². The van der Waals surface area contributed by atoms with Gasteiger partial charge in [0.2, 0.25) is 10.0 Å². The molecule has 0 amide bonds. The molecule has 17 heavy (non-hydrogen) atoms. The SMILES string of the molecule is CC(CC#N)NS(=O)(=O)CCc1ccccn1. The molecule has 0 aliphatic rings. The molecule has 0 radical (unpaired) electrons. The van der Waals surface area contributed by atoms with Crippen LogP contribution in [0.5, 0.6) is 0 Å². The van der Waals surface area contributed by atoms with Crippen LogP contribution in [0, 0.1) is 11.3 Å². The van der Waals surface area contributed by atoms with Crippen LogP contribution < -0.4 is 4.72 Å². The first-order chi connectivity index (χ1) is 8.03. The van der Waals surface area contributed by atoms with Crippen molar-refractivity contribution >= 4 is 10.0 Å². The van der Waals surface area contributed by atoms with Gasteiger partial charge >= 0.3 is 0 Å². The number of hydrogen-bond acceptors (Lipinski definition) is 4. The van der Waals surface area contributed by atoms with Crippen molar-refractivity contribution in [3.8, 4) is 6.07 Å². The Morgan fingerprint density at radius 2 is 2.29 bits per heavy atom. The van der Waals surface area contributed by atoms with Gasteiger partial charge in [-0.15, -0.1) is 0 Å². The predicted octanol–water partition coefficient (Wildman–Crippen LogP) is 0.846. The van der Waals surface area contributed by atoms with Gasteiger partial charge in [0.05, 0.1) is 18.2 Å². The molecular formula is C11H15N3O2S. The van der Waals surface area contributed by atoms with Gasteiger partial charge in [0.25, 0.3) is 0 Å². The van der Waals surface area contributed by atoms with E-state index >= 15 is 0 Å². The van der Waals surface area contributed by atoms with Gasteiger partial charge in [-0.1, -0.05) is 6.07 Å². The average Bonchev–Trinajstić information content (AvgIpc) is 2.27. The van der Waals surface area contributed by atoms with Crippen LogP contribution in [0.4, 0.5) is 0 Å². The molecule has 1 rings (SSSR count). The Labute approximate surface area is 102 Å². The van der Waals surface area contributed by atoms with Crippen molar-refractivity contribution in [2.24, 2.45) is 0 Å². The van der Waals surface area contributed by atoms with Gasteiger partial charge in [-0.3, -0.25) is 4.98 Å². The Hall–Kier alpha value is -1.45. The summed E-state index contributed by atoms with van der Waals surface area (Å²) in [5.41, 5.74) is 0.741. The highest BCUT2D eigenvalue weighted by atomic mass is 32.2. The van der Waals surface area contributed by atoms with Gasteiger partial charge in [0.1, 0.15) is 0 Å². The van der Waals surface area contributed by atoms with Gasteiger partial charge in [-0.2, -0.15) is 5.26 Å². The maximum Gasteiger partial charge on any atom is 0.212 e. The van der Waals surface area contributed by atoms with Crippen molar-refractivity contribution in [1.29, 1.82) is 5.26 Å². The fourth-order valence-electron chi connectivity index (χ4n) is 1.33. The van der Waals surface area contributed by atoms with E-state index in [9.17, 15) is 8.42 Å². The number of nitrogens with zero attached hydrogens (tertiary/aromatic N) is 2. The molecule has 5 nitrogen and oxygen atoms in total. The number of aromatic nitrogens is 1. The second kappa shape index (κ2) is 6.33. The highest BCUT2D eigenvalue weighted by Gasteiger charge is 2.14. The molecule has 0 saturated heterocycles. The zero-order valence-electron chi connectivity index (χ0n) is 9.63. The molecule has 1 unspecified atom stereocenters. The van der Waals surface area contributed by atoms with E-state index in [-0.39, 0.29) is 18.2 Å². The Balaban J connectivity index is 2.48. The van der Waals surface area contributed by atoms with E-state index in [2.05, 4.69) is 9.71 Å². The maximum atomic E-state index is 11.6. The first kappa shape index (κ1) is 13.6. The second-order valence-corrected chi connectivity index (χ2v) is 5.64. The lowest BCUT2D eigenvalue weighted by molar-refractivity contribution is 0.562. The summed E-state index contributed by atoms with van der Waals surface area (Å²) in [6.07, 6.45) is 2.17. The molecule has 6 heteroatoms. The molecule has 0 fully saturated rings. The van der Waals surface area contributed by atoms with Gasteiger partial charge in [-0.25, -0.2) is 13.1 Å². The van der Waals surface area contributed by atoms with Crippen LogP contribution in [0.2, 0.25) is 0 Å². The Bertz CT molecular complexity index is 479. The molecule has 0 aliphatic carbocycles. The van der Waals surface area contributed by atoms with Crippen LogP contribution in [0.15, 0.2) is 24.4 Å². The molecule has 0 bridgehead atoms. The van der Waals surface area contributed by atoms with E-state index < -0.39 is 10.0 Å². The van der Waals surface area contributed by atoms with E-state index in [1.165, 1.54) is 0 Å². The van der Waals surface area contributed by atoms with Gasteiger partial charge in [0.15, 0.2) is 0 Å². The molecule has 0 spiro atoms. The number of hydrogen-bond donors (Lipinski definition) is 1. The Kier molecular flexibility index (Phi) is 5.07. The highest BCUT2D eigenvalue weighted by Crippen LogP contribution is 1.99. The summed E-state index contributed by atoms with van der Waals surface area (Å²) in [6.45, 7) is 1.67. The predicted molar refractivity (Wildman–Crippen MR) is 64.6 cm³/mol. The number of nitrogens with one attached hydrogen (secondary N) is 1. The van der Waals surface area contributed by atoms with Gasteiger partial charge in [0, 0.05) is 24.4 Å². The normalized spacial score (nSPS) is 12.9. The monoisotopic (exact) mass is 253 g/mol. The minimum Gasteiger partial charge on any atom is -0.261 e. The third kappa shape index (κ3) is 5.43. The number of sulfonamides is 1. The zero-order chi connectivity index (χ0) is 12.7. The number of aryl methyl sites for hydroxylation is 1. The molecule has 1 heterocycles. The van der Waals surface area contributed by atoms with Crippen molar-refractivity contribution in [2.75, 3.05) is 5.75 Å². The van der Waals surface area contributed by atoms with Crippen molar-refractivity contribution < 1.29 is 8.42 Å². The van der Waals surface area contributed by atoms with Crippen LogP contribution in [0.25, 0.3) is 0 Å². The summed E-state index contributed by atoms with van der Waals surface area (Å²) < 4.78 is 25.7. The van der Waals surface area contributed by atoms with Crippen molar-refractivity contribution in [2.45, 2.75) is 25.8 Å². The van der Waals surface area contributed by atoms with E-state index in [4.69, 9.17) is 5.26 Å². The topological polar surface area (TPSA) is 82.9 Å². The number of pyridine rings is 1. The number of rotatable bonds is 6. The molecule has 1 aromatic rings. The fraction of sp³-hybridized carbons (Fsp3) is 0.455. The van der Waals surface area contributed by atoms with Crippen molar-refractivity contribution in [3.63, 3.8) is 0 Å². The lowest BCUT2D eigenvalue weighted by atomic mass is 10.3. The third-order valence-electron chi connectivity index (χ3n) is 2.13. The lowest BCUT2D eigenvalue weighted by Gasteiger charge is -2.10. The average molecular weight is 253 g/mol. The largest absolute Gasteiger partial charge is 0.261 e. The first-order valence-electron chi connectivity index (χ1n) is 5.30. The fourth-order valence-corrected chi connectivity index (χ4v) is 2.62. The molecule has 1 N–H and O–H groups in total. The van der Waals surface area contributed by atoms with Crippen LogP contribution in [0.1, 0.15) is 19.0 Å². The molecule has 0 aliphatic heterocycles. The Morgan fingerprint density at radius 3 is 2.88 bits per heavy atom. The minimum absolute atomic E-state index is 0.0141. The minimum atomic E-state index is -3.34. The van der Waals surface area contributed by atoms with E-state index in [0.717, 1.165) is 5.69 Å². The van der Waals surface area contributed by atoms with Crippen LogP contribution in [-0.4, -0.2) is 25.2 Å². The second-order valence-electron chi connectivity index (χ2n) is 3.77. The summed E-state index contributed by atoms with van der Waals surface area (Å²) >= 11 is 0. The molecule has 1 atom stereocenters. The van der Waals surface area contributed by atoms with Crippen molar-refractivity contribution in [1.82, 2.24) is 9.71 Å². The summed E-state index contributed by atoms with van der Waals surface area (Å²) in [4.78, 5) is 4.05. The van der Waals surface area contributed by atoms with E-state index in [0.29, 0.717) is 6.42 Å². The standard InChI is InChI=1S/C11H15N3O2S/c1-10(5-7-12)14-17(15,16)9-6-11-4-2-3-8-13-11/h2-4,8,10,14H,5-6,9H2,1H3. The van der Waals surface area contributed by atoms with Crippen molar-refractivity contribution in [3.05, 3.63) is 30.1 Å². The Morgan fingerprint density at radius 1 is 1.53 bits per heavy atom. The molecular weight excluding hydrogens is 238 g/mol. The quantitative estimate of drug-likeness (QED) is 0.814.